The van der Waals surface area contributed by atoms with E-state index in [0.717, 1.165) is 0 Å². The number of hydrogen-bond donors (Lipinski definition) is 0. The van der Waals surface area contributed by atoms with Crippen LogP contribution in [0.2, 0.25) is 12.1 Å². The first-order valence-corrected chi connectivity index (χ1v) is 9.01. The minimum atomic E-state index is -2.44. The average Bonchev–Trinajstić information content (AvgIpc) is 2.53. The van der Waals surface area contributed by atoms with E-state index in [0.29, 0.717) is 12.1 Å². The molecule has 1 aromatic rings. The molecule has 0 spiro atoms. The molecule has 0 aliphatic carbocycles. The van der Waals surface area contributed by atoms with Crippen LogP contribution in [-0.2, 0) is 9.16 Å². The first-order chi connectivity index (χ1) is 10.2. The normalized spacial score (nSPS) is 11.6. The molecule has 0 aromatic heterocycles. The molecule has 0 heterocycles. The maximum atomic E-state index is 13.5. The largest absolute Gasteiger partial charge is 0.463 e. The van der Waals surface area contributed by atoms with E-state index in [9.17, 15) is 26.7 Å². The Balaban J connectivity index is 3.10. The number of hydrogen-bond acceptors (Lipinski definition) is 3. The summed E-state index contributed by atoms with van der Waals surface area (Å²) in [5.74, 6) is -12.7. The zero-order valence-electron chi connectivity index (χ0n) is 12.2. The lowest BCUT2D eigenvalue weighted by atomic mass is 10.1. The van der Waals surface area contributed by atoms with E-state index in [1.807, 2.05) is 0 Å². The van der Waals surface area contributed by atoms with Crippen LogP contribution in [0.5, 0.6) is 0 Å². The summed E-state index contributed by atoms with van der Waals surface area (Å²) in [7, 11) is -1.01. The lowest BCUT2D eigenvalue weighted by Gasteiger charge is -2.26. The number of rotatable bonds is 6. The van der Waals surface area contributed by atoms with Gasteiger partial charge in [0.05, 0.1) is 0 Å². The van der Waals surface area contributed by atoms with Crippen molar-refractivity contribution < 1.29 is 35.9 Å². The molecule has 1 aromatic carbocycles. The van der Waals surface area contributed by atoms with Crippen LogP contribution in [0.4, 0.5) is 22.0 Å². The molecular weight excluding hydrogens is 327 g/mol. The van der Waals surface area contributed by atoms with Crippen molar-refractivity contribution >= 4 is 14.3 Å². The molecule has 0 bridgehead atoms. The number of ether oxygens (including phenoxy) is 1. The minimum Gasteiger partial charge on any atom is -0.463 e. The smallest absolute Gasteiger partial charge is 0.344 e. The van der Waals surface area contributed by atoms with Crippen molar-refractivity contribution in [3.8, 4) is 0 Å². The molecule has 0 aliphatic heterocycles. The van der Waals surface area contributed by atoms with Crippen molar-refractivity contribution in [2.45, 2.75) is 25.9 Å². The third kappa shape index (κ3) is 3.30. The molecular formula is C13H15F5O3Si. The number of carbonyl (C=O) groups excluding carboxylic acids is 1. The molecule has 0 unspecified atom stereocenters. The Bertz CT molecular complexity index is 538. The fourth-order valence-corrected chi connectivity index (χ4v) is 3.85. The Kier molecular flexibility index (Phi) is 6.06. The lowest BCUT2D eigenvalue weighted by Crippen LogP contribution is -2.42. The van der Waals surface area contributed by atoms with Crippen LogP contribution in [-0.4, -0.2) is 27.6 Å². The highest BCUT2D eigenvalue weighted by Crippen LogP contribution is 2.24. The van der Waals surface area contributed by atoms with Crippen molar-refractivity contribution in [3.63, 3.8) is 0 Å². The van der Waals surface area contributed by atoms with Crippen LogP contribution in [0, 0.1) is 29.1 Å². The van der Waals surface area contributed by atoms with Gasteiger partial charge in [0.2, 0.25) is 14.1 Å². The molecule has 0 atom stereocenters. The van der Waals surface area contributed by atoms with Gasteiger partial charge in [0.25, 0.3) is 0 Å². The monoisotopic (exact) mass is 342 g/mol. The van der Waals surface area contributed by atoms with Crippen LogP contribution < -0.4 is 0 Å². The summed E-state index contributed by atoms with van der Waals surface area (Å²) in [6.07, 6.45) is -0.241. The third-order valence-electron chi connectivity index (χ3n) is 3.60. The predicted octanol–water partition coefficient (Wildman–Crippen LogP) is 3.71. The lowest BCUT2D eigenvalue weighted by molar-refractivity contribution is 0.0533. The first-order valence-electron chi connectivity index (χ1n) is 6.48. The van der Waals surface area contributed by atoms with Gasteiger partial charge in [-0.1, -0.05) is 13.8 Å². The summed E-state index contributed by atoms with van der Waals surface area (Å²) in [6.45, 7) is 3.59. The number of halogens is 5. The predicted molar refractivity (Wildman–Crippen MR) is 70.2 cm³/mol. The molecule has 124 valence electrons. The first kappa shape index (κ1) is 18.6. The molecule has 22 heavy (non-hydrogen) atoms. The summed E-state index contributed by atoms with van der Waals surface area (Å²) >= 11 is 0. The second kappa shape index (κ2) is 7.19. The van der Waals surface area contributed by atoms with Crippen LogP contribution in [0.3, 0.4) is 0 Å². The van der Waals surface area contributed by atoms with Gasteiger partial charge in [-0.3, -0.25) is 0 Å². The standard InChI is InChI=1S/C13H15F5O3Si/c1-4-22(5-2,20-3)6-21-13(19)7-8(14)10(16)12(18)11(17)9(7)15/h4-6H2,1-3H3. The minimum absolute atomic E-state index is 0.241. The van der Waals surface area contributed by atoms with Crippen molar-refractivity contribution in [2.75, 3.05) is 13.3 Å². The van der Waals surface area contributed by atoms with Gasteiger partial charge in [-0.05, 0) is 12.1 Å². The van der Waals surface area contributed by atoms with Gasteiger partial charge in [0.15, 0.2) is 23.3 Å². The van der Waals surface area contributed by atoms with Gasteiger partial charge in [0, 0.05) is 7.11 Å². The van der Waals surface area contributed by atoms with E-state index in [2.05, 4.69) is 0 Å². The fraction of sp³-hybridized carbons (Fsp3) is 0.462. The highest BCUT2D eigenvalue weighted by Gasteiger charge is 2.35. The summed E-state index contributed by atoms with van der Waals surface area (Å²) in [4.78, 5) is 11.7. The molecule has 0 saturated carbocycles. The van der Waals surface area contributed by atoms with Gasteiger partial charge >= 0.3 is 5.97 Å². The summed E-state index contributed by atoms with van der Waals surface area (Å²) in [6, 6.07) is 1.12. The topological polar surface area (TPSA) is 35.5 Å². The van der Waals surface area contributed by atoms with Gasteiger partial charge < -0.3 is 9.16 Å². The van der Waals surface area contributed by atoms with Gasteiger partial charge in [-0.2, -0.15) is 0 Å². The van der Waals surface area contributed by atoms with Gasteiger partial charge in [-0.15, -0.1) is 0 Å². The molecule has 0 aliphatic rings. The molecule has 0 fully saturated rings. The van der Waals surface area contributed by atoms with Crippen molar-refractivity contribution in [1.82, 2.24) is 0 Å². The molecule has 1 rings (SSSR count). The van der Waals surface area contributed by atoms with Gasteiger partial charge in [0.1, 0.15) is 11.8 Å². The zero-order chi connectivity index (χ0) is 17.1. The second-order valence-corrected chi connectivity index (χ2v) is 9.09. The van der Waals surface area contributed by atoms with Crippen LogP contribution in [0.25, 0.3) is 0 Å². The number of carbonyl (C=O) groups is 1. The SMILES string of the molecule is CC[Si](CC)(COC(=O)c1c(F)c(F)c(F)c(F)c1F)OC. The second-order valence-electron chi connectivity index (χ2n) is 4.62. The summed E-state index contributed by atoms with van der Waals surface area (Å²) in [5, 5.41) is 0. The molecule has 0 radical (unpaired) electrons. The van der Waals surface area contributed by atoms with E-state index in [1.54, 1.807) is 13.8 Å². The van der Waals surface area contributed by atoms with Crippen molar-refractivity contribution in [3.05, 3.63) is 34.6 Å². The molecule has 0 saturated heterocycles. The van der Waals surface area contributed by atoms with Crippen LogP contribution >= 0.6 is 0 Å². The van der Waals surface area contributed by atoms with Crippen molar-refractivity contribution in [2.24, 2.45) is 0 Å². The van der Waals surface area contributed by atoms with E-state index in [4.69, 9.17) is 9.16 Å². The Labute approximate surface area is 125 Å². The van der Waals surface area contributed by atoms with E-state index >= 15 is 0 Å². The quantitative estimate of drug-likeness (QED) is 0.260. The Morgan fingerprint density at radius 1 is 0.909 bits per heavy atom. The van der Waals surface area contributed by atoms with Crippen LogP contribution in [0.15, 0.2) is 0 Å². The summed E-state index contributed by atoms with van der Waals surface area (Å²) in [5.41, 5.74) is -1.59. The average molecular weight is 342 g/mol. The Morgan fingerprint density at radius 3 is 1.68 bits per heavy atom. The summed E-state index contributed by atoms with van der Waals surface area (Å²) < 4.78 is 76.0. The zero-order valence-corrected chi connectivity index (χ0v) is 13.2. The molecule has 9 heteroatoms. The van der Waals surface area contributed by atoms with Crippen molar-refractivity contribution in [1.29, 1.82) is 0 Å². The highest BCUT2D eigenvalue weighted by molar-refractivity contribution is 6.73. The van der Waals surface area contributed by atoms with E-state index in [1.165, 1.54) is 7.11 Å². The molecule has 3 nitrogen and oxygen atoms in total. The maximum Gasteiger partial charge on any atom is 0.344 e. The molecule has 0 amide bonds. The Hall–Kier alpha value is -1.48. The van der Waals surface area contributed by atoms with E-state index in [-0.39, 0.29) is 6.23 Å². The Morgan fingerprint density at radius 2 is 1.32 bits per heavy atom. The van der Waals surface area contributed by atoms with E-state index < -0.39 is 48.9 Å². The fourth-order valence-electron chi connectivity index (χ4n) is 1.86. The highest BCUT2D eigenvalue weighted by atomic mass is 28.4. The molecule has 0 N–H and O–H groups in total. The number of esters is 1. The number of benzene rings is 1. The third-order valence-corrected chi connectivity index (χ3v) is 7.72. The van der Waals surface area contributed by atoms with Crippen LogP contribution in [0.1, 0.15) is 24.2 Å². The maximum absolute atomic E-state index is 13.5. The van der Waals surface area contributed by atoms with Gasteiger partial charge in [-0.25, -0.2) is 26.7 Å².